The molecular weight excluding hydrogens is 964 g/mol. The Hall–Kier alpha value is -2.61. The van der Waals surface area contributed by atoms with E-state index in [2.05, 4.69) is 48.6 Å². The Kier molecular flexibility index (Phi) is 12.1. The molecule has 0 nitrogen and oxygen atoms in total. The van der Waals surface area contributed by atoms with Crippen molar-refractivity contribution in [1.29, 1.82) is 0 Å². The maximum atomic E-state index is 13.7. The van der Waals surface area contributed by atoms with Gasteiger partial charge in [-0.05, 0) is 0 Å². The third kappa shape index (κ3) is 7.37. The van der Waals surface area contributed by atoms with Crippen LogP contribution in [0.2, 0.25) is 7.35 Å². The molecule has 4 fully saturated rings. The number of halogens is 8. The van der Waals surface area contributed by atoms with E-state index < -0.39 is 43.4 Å². The molecule has 59 heavy (non-hydrogen) atoms. The molecule has 0 N–H and O–H groups in total. The van der Waals surface area contributed by atoms with Gasteiger partial charge >= 0.3 is 339 Å². The SMILES string of the molecule is Cl.Cl.FC(F)(F)c1ccc(-c2cccc3c2C=C(C2CCCCC2)[CH]3[Hf]2([CH]3C(C4CCCCC4)=Cc4c(-c5ccc(C(F)(F)F)cc5)cccc43)[CH]3CCCC[CH]32)cc1. The zero-order valence-corrected chi connectivity index (χ0v) is 38.4. The van der Waals surface area contributed by atoms with Gasteiger partial charge in [0, 0.05) is 0 Å². The molecular formula is C50H52Cl2F6Hf. The van der Waals surface area contributed by atoms with Crippen LogP contribution in [0.5, 0.6) is 0 Å². The summed E-state index contributed by atoms with van der Waals surface area (Å²) in [4.78, 5) is 0. The predicted octanol–water partition coefficient (Wildman–Crippen LogP) is 17.0. The number of allylic oxidation sites excluding steroid dienone is 2. The summed E-state index contributed by atoms with van der Waals surface area (Å²) in [6, 6.07) is 25.0. The summed E-state index contributed by atoms with van der Waals surface area (Å²) >= 11 is -3.70. The molecule has 4 unspecified atom stereocenters. The van der Waals surface area contributed by atoms with Crippen LogP contribution in [-0.2, 0) is 32.3 Å². The Morgan fingerprint density at radius 1 is 0.424 bits per heavy atom. The molecule has 0 spiro atoms. The van der Waals surface area contributed by atoms with Crippen LogP contribution in [0.15, 0.2) is 96.1 Å². The molecule has 1 heterocycles. The van der Waals surface area contributed by atoms with E-state index in [0.29, 0.717) is 19.2 Å². The normalized spacial score (nSPS) is 26.7. The average molecular weight is 1020 g/mol. The second-order valence-electron chi connectivity index (χ2n) is 18.1. The molecule has 3 saturated carbocycles. The average Bonchev–Trinajstić information content (AvgIpc) is 3.48. The first-order valence-corrected chi connectivity index (χ1v) is 29.9. The van der Waals surface area contributed by atoms with E-state index in [1.807, 2.05) is 0 Å². The van der Waals surface area contributed by atoms with Crippen LogP contribution in [0.4, 0.5) is 26.3 Å². The number of hydrogen-bond donors (Lipinski definition) is 0. The van der Waals surface area contributed by atoms with Crippen molar-refractivity contribution >= 4 is 37.0 Å². The fraction of sp³-hybridized carbons (Fsp3) is 0.440. The van der Waals surface area contributed by atoms with Gasteiger partial charge in [0.15, 0.2) is 0 Å². The van der Waals surface area contributed by atoms with Gasteiger partial charge in [0.1, 0.15) is 0 Å². The summed E-state index contributed by atoms with van der Waals surface area (Å²) in [7, 11) is 0. The fourth-order valence-electron chi connectivity index (χ4n) is 13.0. The molecule has 6 aliphatic rings. The van der Waals surface area contributed by atoms with E-state index in [4.69, 9.17) is 0 Å². The number of benzene rings is 4. The van der Waals surface area contributed by atoms with Gasteiger partial charge in [0.05, 0.1) is 0 Å². The minimum atomic E-state index is -4.38. The molecule has 1 saturated heterocycles. The van der Waals surface area contributed by atoms with Crippen LogP contribution >= 0.6 is 24.8 Å². The first kappa shape index (κ1) is 43.1. The summed E-state index contributed by atoms with van der Waals surface area (Å²) < 4.78 is 84.5. The molecule has 0 aromatic heterocycles. The molecule has 4 aromatic carbocycles. The predicted molar refractivity (Wildman–Crippen MR) is 229 cm³/mol. The van der Waals surface area contributed by atoms with E-state index >= 15 is 0 Å². The van der Waals surface area contributed by atoms with Gasteiger partial charge in [-0.2, -0.15) is 0 Å². The van der Waals surface area contributed by atoms with Gasteiger partial charge in [-0.25, -0.2) is 0 Å². The maximum absolute atomic E-state index is 13.7. The zero-order valence-electron chi connectivity index (χ0n) is 33.2. The Labute approximate surface area is 361 Å². The third-order valence-electron chi connectivity index (χ3n) is 15.3. The van der Waals surface area contributed by atoms with Crippen LogP contribution in [0.1, 0.15) is 131 Å². The van der Waals surface area contributed by atoms with E-state index in [9.17, 15) is 26.3 Å². The Morgan fingerprint density at radius 2 is 0.780 bits per heavy atom. The first-order valence-electron chi connectivity index (χ1n) is 21.6. The first-order chi connectivity index (χ1) is 27.5. The minimum absolute atomic E-state index is 0. The molecule has 4 aromatic rings. The quantitative estimate of drug-likeness (QED) is 0.133. The third-order valence-corrected chi connectivity index (χ3v) is 40.0. The van der Waals surface area contributed by atoms with Gasteiger partial charge in [-0.1, -0.05) is 0 Å². The second-order valence-corrected chi connectivity index (χ2v) is 34.8. The number of rotatable bonds is 6. The van der Waals surface area contributed by atoms with Crippen molar-refractivity contribution in [3.8, 4) is 22.3 Å². The number of fused-ring (bicyclic) bond motifs is 3. The molecule has 0 radical (unpaired) electrons. The van der Waals surface area contributed by atoms with E-state index in [0.717, 1.165) is 29.6 Å². The van der Waals surface area contributed by atoms with Crippen LogP contribution in [0.3, 0.4) is 0 Å². The van der Waals surface area contributed by atoms with Crippen molar-refractivity contribution in [3.05, 3.63) is 129 Å². The van der Waals surface area contributed by atoms with Crippen molar-refractivity contribution in [3.63, 3.8) is 0 Å². The van der Waals surface area contributed by atoms with Gasteiger partial charge in [0.25, 0.3) is 0 Å². The Balaban J connectivity index is 0.00000242. The van der Waals surface area contributed by atoms with Gasteiger partial charge < -0.3 is 0 Å². The molecule has 1 aliphatic heterocycles. The van der Waals surface area contributed by atoms with E-state index in [1.54, 1.807) is 35.4 Å². The van der Waals surface area contributed by atoms with Gasteiger partial charge in [-0.15, -0.1) is 24.8 Å². The standard InChI is InChI=1S/2C22H20F3.C6H10.2ClH.Hf/c2*23-22(24,25)19-11-9-16(10-12-19)20-8-4-7-17-13-18(14-21(17)20)15-5-2-1-3-6-15;1-2-4-6-5-3-1;;;/h2*4,7-15H,1-3,5-6H2;1-2H,3-6H2;2*1H;. The van der Waals surface area contributed by atoms with Crippen molar-refractivity contribution < 1.29 is 46.3 Å². The molecule has 10 rings (SSSR count). The number of alkyl halides is 6. The summed E-state index contributed by atoms with van der Waals surface area (Å²) in [6.07, 6.45) is 13.8. The molecule has 5 aliphatic carbocycles. The van der Waals surface area contributed by atoms with Crippen LogP contribution in [-0.4, -0.2) is 0 Å². The molecule has 4 atom stereocenters. The van der Waals surface area contributed by atoms with Crippen LogP contribution < -0.4 is 0 Å². The second kappa shape index (κ2) is 16.6. The van der Waals surface area contributed by atoms with Crippen molar-refractivity contribution in [2.45, 2.75) is 117 Å². The summed E-state index contributed by atoms with van der Waals surface area (Å²) in [5.41, 5.74) is 11.2. The molecule has 312 valence electrons. The van der Waals surface area contributed by atoms with Crippen LogP contribution in [0.25, 0.3) is 34.4 Å². The topological polar surface area (TPSA) is 0 Å². The van der Waals surface area contributed by atoms with E-state index in [-0.39, 0.29) is 24.8 Å². The molecule has 0 bridgehead atoms. The zero-order chi connectivity index (χ0) is 39.1. The Bertz CT molecular complexity index is 2070. The summed E-state index contributed by atoms with van der Waals surface area (Å²) in [5, 5.41) is 0. The molecule has 9 heteroatoms. The molecule has 0 amide bonds. The van der Waals surface area contributed by atoms with Crippen molar-refractivity contribution in [1.82, 2.24) is 0 Å². The van der Waals surface area contributed by atoms with E-state index in [1.165, 1.54) is 136 Å². The van der Waals surface area contributed by atoms with Crippen molar-refractivity contribution in [2.24, 2.45) is 11.8 Å². The van der Waals surface area contributed by atoms with Gasteiger partial charge in [-0.3, -0.25) is 0 Å². The Morgan fingerprint density at radius 3 is 1.14 bits per heavy atom. The van der Waals surface area contributed by atoms with Crippen LogP contribution in [0, 0.1) is 11.8 Å². The van der Waals surface area contributed by atoms with Crippen molar-refractivity contribution in [2.75, 3.05) is 0 Å². The summed E-state index contributed by atoms with van der Waals surface area (Å²) in [6.45, 7) is 0. The van der Waals surface area contributed by atoms with Gasteiger partial charge in [0.2, 0.25) is 0 Å². The monoisotopic (exact) mass is 1020 g/mol. The number of hydrogen-bond acceptors (Lipinski definition) is 0. The summed E-state index contributed by atoms with van der Waals surface area (Å²) in [5.74, 6) is 1.05. The fourth-order valence-corrected chi connectivity index (χ4v) is 48.6.